The molecule has 4 nitrogen and oxygen atoms in total. The first kappa shape index (κ1) is 18.1. The van der Waals surface area contributed by atoms with Crippen LogP contribution >= 0.6 is 22.7 Å². The van der Waals surface area contributed by atoms with Gasteiger partial charge in [-0.25, -0.2) is 0 Å². The summed E-state index contributed by atoms with van der Waals surface area (Å²) in [5, 5.41) is 18.1. The molecule has 2 aromatic rings. The van der Waals surface area contributed by atoms with E-state index < -0.39 is 0 Å². The van der Waals surface area contributed by atoms with Crippen LogP contribution in [-0.2, 0) is 4.74 Å². The van der Waals surface area contributed by atoms with Crippen molar-refractivity contribution in [2.45, 2.75) is 25.8 Å². The van der Waals surface area contributed by atoms with Crippen molar-refractivity contribution in [3.8, 4) is 6.07 Å². The zero-order valence-electron chi connectivity index (χ0n) is 15.3. The van der Waals surface area contributed by atoms with Crippen molar-refractivity contribution in [2.75, 3.05) is 13.1 Å². The third kappa shape index (κ3) is 3.34. The monoisotopic (exact) mass is 395 g/mol. The molecule has 138 valence electrons. The fourth-order valence-corrected chi connectivity index (χ4v) is 4.94. The first-order valence-corrected chi connectivity index (χ1v) is 10.8. The van der Waals surface area contributed by atoms with Crippen LogP contribution in [0.15, 0.2) is 62.0 Å². The third-order valence-electron chi connectivity index (χ3n) is 5.06. The van der Waals surface area contributed by atoms with E-state index in [-0.39, 0.29) is 11.8 Å². The van der Waals surface area contributed by atoms with Gasteiger partial charge in [-0.15, -0.1) is 0 Å². The van der Waals surface area contributed by atoms with Gasteiger partial charge in [-0.1, -0.05) is 0 Å². The van der Waals surface area contributed by atoms with Gasteiger partial charge in [0, 0.05) is 24.7 Å². The Morgan fingerprint density at radius 3 is 2.67 bits per heavy atom. The van der Waals surface area contributed by atoms with E-state index in [1.807, 2.05) is 5.38 Å². The average Bonchev–Trinajstić information content (AvgIpc) is 3.34. The predicted octanol–water partition coefficient (Wildman–Crippen LogP) is 4.68. The number of nitrogens with zero attached hydrogens (tertiary/aromatic N) is 2. The summed E-state index contributed by atoms with van der Waals surface area (Å²) in [4.78, 5) is 2.41. The van der Waals surface area contributed by atoms with Gasteiger partial charge in [0.15, 0.2) is 0 Å². The van der Waals surface area contributed by atoms with Crippen LogP contribution in [0.1, 0.15) is 30.9 Å². The first-order chi connectivity index (χ1) is 13.1. The summed E-state index contributed by atoms with van der Waals surface area (Å²) < 4.78 is 6.04. The van der Waals surface area contributed by atoms with Crippen LogP contribution in [0.5, 0.6) is 0 Å². The van der Waals surface area contributed by atoms with E-state index in [1.165, 1.54) is 0 Å². The summed E-state index contributed by atoms with van der Waals surface area (Å²) in [6.45, 7) is 5.98. The van der Waals surface area contributed by atoms with Gasteiger partial charge in [0.2, 0.25) is 5.88 Å². The van der Waals surface area contributed by atoms with Crippen LogP contribution in [0, 0.1) is 11.3 Å². The Kier molecular flexibility index (Phi) is 4.92. The van der Waals surface area contributed by atoms with Gasteiger partial charge in [0.25, 0.3) is 0 Å². The molecule has 6 heteroatoms. The van der Waals surface area contributed by atoms with Crippen molar-refractivity contribution in [1.82, 2.24) is 4.90 Å². The smallest absolute Gasteiger partial charge is 0.205 e. The third-order valence-corrected chi connectivity index (χ3v) is 6.46. The molecule has 0 amide bonds. The fourth-order valence-electron chi connectivity index (χ4n) is 3.64. The molecule has 0 saturated heterocycles. The van der Waals surface area contributed by atoms with Crippen LogP contribution in [0.2, 0.25) is 0 Å². The van der Waals surface area contributed by atoms with Crippen LogP contribution in [0.25, 0.3) is 6.08 Å². The van der Waals surface area contributed by atoms with Crippen molar-refractivity contribution < 1.29 is 4.74 Å². The molecule has 0 fully saturated rings. The molecule has 4 heterocycles. The van der Waals surface area contributed by atoms with E-state index in [1.54, 1.807) is 22.7 Å². The van der Waals surface area contributed by atoms with Crippen LogP contribution in [-0.4, -0.2) is 24.0 Å². The largest absolute Gasteiger partial charge is 0.440 e. The highest BCUT2D eigenvalue weighted by molar-refractivity contribution is 7.08. The summed E-state index contributed by atoms with van der Waals surface area (Å²) >= 11 is 3.31. The second-order valence-corrected chi connectivity index (χ2v) is 8.62. The van der Waals surface area contributed by atoms with Crippen molar-refractivity contribution in [2.24, 2.45) is 5.73 Å². The second-order valence-electron chi connectivity index (χ2n) is 7.06. The lowest BCUT2D eigenvalue weighted by molar-refractivity contribution is 0.208. The zero-order chi connectivity index (χ0) is 19.0. The van der Waals surface area contributed by atoms with Crippen molar-refractivity contribution >= 4 is 28.7 Å². The lowest BCUT2D eigenvalue weighted by Crippen LogP contribution is -2.41. The molecule has 2 N–H and O–H groups in total. The Labute approximate surface area is 167 Å². The number of rotatable bonds is 3. The maximum Gasteiger partial charge on any atom is 0.205 e. The highest BCUT2D eigenvalue weighted by Gasteiger charge is 2.38. The Morgan fingerprint density at radius 1 is 1.26 bits per heavy atom. The highest BCUT2D eigenvalue weighted by atomic mass is 32.1. The molecule has 0 unspecified atom stereocenters. The summed E-state index contributed by atoms with van der Waals surface area (Å²) in [5.41, 5.74) is 11.2. The number of thiophene rings is 2. The van der Waals surface area contributed by atoms with E-state index in [2.05, 4.69) is 59.2 Å². The second kappa shape index (κ2) is 7.35. The Balaban J connectivity index is 1.87. The number of hydrogen-bond donors (Lipinski definition) is 1. The van der Waals surface area contributed by atoms with E-state index in [9.17, 15) is 5.26 Å². The normalized spacial score (nSPS) is 22.1. The van der Waals surface area contributed by atoms with Gasteiger partial charge >= 0.3 is 0 Å². The lowest BCUT2D eigenvalue weighted by atomic mass is 9.81. The van der Waals surface area contributed by atoms with E-state index in [0.29, 0.717) is 11.6 Å². The number of hydrogen-bond acceptors (Lipinski definition) is 6. The summed E-state index contributed by atoms with van der Waals surface area (Å²) in [5.74, 6) is 0.921. The number of nitriles is 1. The molecule has 1 atom stereocenters. The minimum atomic E-state index is -0.141. The standard InChI is InChI=1S/C21H21N3OS2/c1-13(2)24-9-16(7-14-3-5-26-11-14)20-18(10-24)19(15-4-6-27-12-15)17(8-22)21(23)25-20/h3-7,11-13,19H,9-10,23H2,1-2H3/b16-7+/t19-/m1/s1. The summed E-state index contributed by atoms with van der Waals surface area (Å²) in [6.07, 6.45) is 2.18. The molecule has 4 rings (SSSR count). The van der Waals surface area contributed by atoms with Crippen molar-refractivity contribution in [3.05, 3.63) is 73.1 Å². The number of nitrogens with two attached hydrogens (primary N) is 1. The first-order valence-electron chi connectivity index (χ1n) is 8.88. The van der Waals surface area contributed by atoms with Crippen LogP contribution in [0.3, 0.4) is 0 Å². The van der Waals surface area contributed by atoms with Gasteiger partial charge in [0.05, 0.1) is 5.92 Å². The Hall–Kier alpha value is -2.33. The minimum Gasteiger partial charge on any atom is -0.440 e. The topological polar surface area (TPSA) is 62.3 Å². The minimum absolute atomic E-state index is 0.141. The predicted molar refractivity (Wildman–Crippen MR) is 111 cm³/mol. The van der Waals surface area contributed by atoms with Crippen molar-refractivity contribution in [1.29, 1.82) is 5.26 Å². The molecule has 0 saturated carbocycles. The molecule has 0 aliphatic carbocycles. The molecule has 2 aliphatic heterocycles. The van der Waals surface area contributed by atoms with Crippen molar-refractivity contribution in [3.63, 3.8) is 0 Å². The average molecular weight is 396 g/mol. The molecular weight excluding hydrogens is 374 g/mol. The molecule has 0 bridgehead atoms. The maximum absolute atomic E-state index is 9.76. The molecule has 0 aromatic carbocycles. The molecule has 0 spiro atoms. The van der Waals surface area contributed by atoms with Gasteiger partial charge in [-0.05, 0) is 70.3 Å². The maximum atomic E-state index is 9.76. The lowest BCUT2D eigenvalue weighted by Gasteiger charge is -2.39. The number of allylic oxidation sites excluding steroid dienone is 1. The van der Waals surface area contributed by atoms with Gasteiger partial charge < -0.3 is 10.5 Å². The molecule has 0 radical (unpaired) electrons. The summed E-state index contributed by atoms with van der Waals surface area (Å²) in [6, 6.07) is 6.86. The SMILES string of the molecule is CC(C)N1CC2=C(OC(N)=C(C#N)[C@H]2c2ccsc2)/C(=C/c2ccsc2)C1. The molecule has 2 aromatic heterocycles. The number of ether oxygens (including phenoxy) is 1. The molecule has 27 heavy (non-hydrogen) atoms. The molecular formula is C21H21N3OS2. The van der Waals surface area contributed by atoms with E-state index >= 15 is 0 Å². The van der Waals surface area contributed by atoms with Gasteiger partial charge in [-0.2, -0.15) is 27.9 Å². The van der Waals surface area contributed by atoms with Crippen LogP contribution in [0.4, 0.5) is 0 Å². The van der Waals surface area contributed by atoms with Gasteiger partial charge in [0.1, 0.15) is 17.4 Å². The van der Waals surface area contributed by atoms with E-state index in [4.69, 9.17) is 10.5 Å². The quantitative estimate of drug-likeness (QED) is 0.820. The highest BCUT2D eigenvalue weighted by Crippen LogP contribution is 2.44. The van der Waals surface area contributed by atoms with Gasteiger partial charge in [-0.3, -0.25) is 4.90 Å². The Morgan fingerprint density at radius 2 is 2.04 bits per heavy atom. The molecule has 2 aliphatic rings. The fraction of sp³-hybridized carbons (Fsp3) is 0.286. The van der Waals surface area contributed by atoms with Crippen LogP contribution < -0.4 is 5.73 Å². The zero-order valence-corrected chi connectivity index (χ0v) is 16.9. The summed E-state index contributed by atoms with van der Waals surface area (Å²) in [7, 11) is 0. The van der Waals surface area contributed by atoms with E-state index in [0.717, 1.165) is 41.1 Å². The Bertz CT molecular complexity index is 960.